The number of hydrogen-bond acceptors (Lipinski definition) is 6. The van der Waals surface area contributed by atoms with E-state index in [-0.39, 0.29) is 17.6 Å². The fourth-order valence-electron chi connectivity index (χ4n) is 3.00. The second kappa shape index (κ2) is 10.3. The van der Waals surface area contributed by atoms with Crippen molar-refractivity contribution >= 4 is 52.2 Å². The molecule has 0 saturated carbocycles. The molecule has 0 unspecified atom stereocenters. The van der Waals surface area contributed by atoms with Gasteiger partial charge in [-0.25, -0.2) is 0 Å². The highest BCUT2D eigenvalue weighted by molar-refractivity contribution is 8.00. The third-order valence-electron chi connectivity index (χ3n) is 4.37. The third-order valence-corrected chi connectivity index (χ3v) is 6.68. The summed E-state index contributed by atoms with van der Waals surface area (Å²) >= 11 is 8.94. The lowest BCUT2D eigenvalue weighted by atomic mass is 10.3. The molecule has 150 valence electrons. The van der Waals surface area contributed by atoms with E-state index in [0.717, 1.165) is 42.0 Å². The number of nitrogens with one attached hydrogen (secondary N) is 1. The number of nitrogens with zero attached hydrogens (tertiary/aromatic N) is 2. The summed E-state index contributed by atoms with van der Waals surface area (Å²) in [6.45, 7) is 4.81. The molecule has 28 heavy (non-hydrogen) atoms. The number of amides is 2. The largest absolute Gasteiger partial charge is 0.369 e. The van der Waals surface area contributed by atoms with Crippen LogP contribution in [0.2, 0.25) is 4.34 Å². The summed E-state index contributed by atoms with van der Waals surface area (Å²) in [5.41, 5.74) is 5.93. The van der Waals surface area contributed by atoms with Crippen molar-refractivity contribution in [2.24, 2.45) is 5.73 Å². The number of hydrogen-bond donors (Lipinski definition) is 2. The Balaban J connectivity index is 1.45. The molecular weight excluding hydrogens is 416 g/mol. The van der Waals surface area contributed by atoms with E-state index in [9.17, 15) is 9.59 Å². The van der Waals surface area contributed by atoms with Crippen molar-refractivity contribution in [3.05, 3.63) is 45.6 Å². The SMILES string of the molecule is NC(=O)CSc1ccccc1NC(=O)CN1CCN(Cc2ccc(Cl)s2)CC1. The number of carbonyl (C=O) groups excluding carboxylic acids is 2. The molecule has 3 N–H and O–H groups in total. The van der Waals surface area contributed by atoms with Gasteiger partial charge in [0.2, 0.25) is 11.8 Å². The molecule has 0 bridgehead atoms. The van der Waals surface area contributed by atoms with Gasteiger partial charge in [0.15, 0.2) is 0 Å². The Hall–Kier alpha value is -1.58. The molecule has 2 aromatic rings. The van der Waals surface area contributed by atoms with Crippen molar-refractivity contribution in [3.63, 3.8) is 0 Å². The lowest BCUT2D eigenvalue weighted by Crippen LogP contribution is -2.48. The maximum Gasteiger partial charge on any atom is 0.238 e. The van der Waals surface area contributed by atoms with Gasteiger partial charge < -0.3 is 11.1 Å². The van der Waals surface area contributed by atoms with Crippen LogP contribution in [-0.2, 0) is 16.1 Å². The summed E-state index contributed by atoms with van der Waals surface area (Å²) in [5.74, 6) is -0.246. The second-order valence-corrected chi connectivity index (χ2v) is 9.37. The first-order valence-corrected chi connectivity index (χ1v) is 11.2. The molecule has 1 fully saturated rings. The lowest BCUT2D eigenvalue weighted by Gasteiger charge is -2.34. The predicted molar refractivity (Wildman–Crippen MR) is 116 cm³/mol. The minimum Gasteiger partial charge on any atom is -0.369 e. The standard InChI is InChI=1S/C19H23ClN4O2S2/c20-17-6-5-14(28-17)11-23-7-9-24(10-8-23)12-19(26)22-15-3-1-2-4-16(15)27-13-18(21)25/h1-6H,7-13H2,(H2,21,25)(H,22,26). The Labute approximate surface area is 178 Å². The number of anilines is 1. The molecule has 2 amide bonds. The van der Waals surface area contributed by atoms with Crippen LogP contribution >= 0.6 is 34.7 Å². The normalized spacial score (nSPS) is 15.5. The number of rotatable bonds is 8. The summed E-state index contributed by atoms with van der Waals surface area (Å²) in [6, 6.07) is 11.4. The van der Waals surface area contributed by atoms with Crippen molar-refractivity contribution in [1.82, 2.24) is 9.80 Å². The molecule has 2 heterocycles. The first kappa shape index (κ1) is 21.1. The van der Waals surface area contributed by atoms with Gasteiger partial charge in [0.25, 0.3) is 0 Å². The first-order chi connectivity index (χ1) is 13.5. The zero-order chi connectivity index (χ0) is 19.9. The fraction of sp³-hybridized carbons (Fsp3) is 0.368. The molecule has 1 aromatic heterocycles. The fourth-order valence-corrected chi connectivity index (χ4v) is 4.88. The lowest BCUT2D eigenvalue weighted by molar-refractivity contribution is -0.118. The Morgan fingerprint density at radius 3 is 2.50 bits per heavy atom. The molecule has 1 saturated heterocycles. The third kappa shape index (κ3) is 6.49. The van der Waals surface area contributed by atoms with Crippen molar-refractivity contribution < 1.29 is 9.59 Å². The highest BCUT2D eigenvalue weighted by Gasteiger charge is 2.20. The average Bonchev–Trinajstić information content (AvgIpc) is 3.07. The topological polar surface area (TPSA) is 78.7 Å². The highest BCUT2D eigenvalue weighted by Crippen LogP contribution is 2.27. The highest BCUT2D eigenvalue weighted by atomic mass is 35.5. The van der Waals surface area contributed by atoms with E-state index in [2.05, 4.69) is 21.2 Å². The van der Waals surface area contributed by atoms with E-state index in [1.54, 1.807) is 11.3 Å². The number of nitrogens with two attached hydrogens (primary N) is 1. The number of halogens is 1. The molecule has 0 radical (unpaired) electrons. The van der Waals surface area contributed by atoms with Gasteiger partial charge in [-0.05, 0) is 24.3 Å². The number of primary amides is 1. The molecular formula is C19H23ClN4O2S2. The minimum atomic E-state index is -0.381. The van der Waals surface area contributed by atoms with Crippen LogP contribution in [0.5, 0.6) is 0 Å². The summed E-state index contributed by atoms with van der Waals surface area (Å²) in [6.07, 6.45) is 0. The molecule has 0 atom stereocenters. The quantitative estimate of drug-likeness (QED) is 0.619. The predicted octanol–water partition coefficient (Wildman–Crippen LogP) is 2.74. The maximum atomic E-state index is 12.5. The van der Waals surface area contributed by atoms with Crippen molar-refractivity contribution in [2.75, 3.05) is 43.8 Å². The van der Waals surface area contributed by atoms with E-state index >= 15 is 0 Å². The zero-order valence-electron chi connectivity index (χ0n) is 15.4. The maximum absolute atomic E-state index is 12.5. The Kier molecular flexibility index (Phi) is 7.75. The van der Waals surface area contributed by atoms with Gasteiger partial charge in [0.05, 0.1) is 22.3 Å². The molecule has 0 aliphatic carbocycles. The molecule has 3 rings (SSSR count). The van der Waals surface area contributed by atoms with Gasteiger partial charge in [-0.3, -0.25) is 19.4 Å². The Morgan fingerprint density at radius 1 is 1.11 bits per heavy atom. The van der Waals surface area contributed by atoms with Crippen molar-refractivity contribution in [3.8, 4) is 0 Å². The zero-order valence-corrected chi connectivity index (χ0v) is 17.8. The van der Waals surface area contributed by atoms with Crippen LogP contribution in [0.1, 0.15) is 4.88 Å². The van der Waals surface area contributed by atoms with E-state index in [1.807, 2.05) is 30.3 Å². The van der Waals surface area contributed by atoms with Gasteiger partial charge >= 0.3 is 0 Å². The number of carbonyl (C=O) groups is 2. The summed E-state index contributed by atoms with van der Waals surface area (Å²) in [4.78, 5) is 30.1. The van der Waals surface area contributed by atoms with E-state index < -0.39 is 0 Å². The number of thioether (sulfide) groups is 1. The van der Waals surface area contributed by atoms with Crippen molar-refractivity contribution in [2.45, 2.75) is 11.4 Å². The Bertz CT molecular complexity index is 822. The summed E-state index contributed by atoms with van der Waals surface area (Å²) < 4.78 is 0.819. The van der Waals surface area contributed by atoms with Crippen LogP contribution < -0.4 is 11.1 Å². The number of benzene rings is 1. The van der Waals surface area contributed by atoms with Crippen LogP contribution in [0.4, 0.5) is 5.69 Å². The smallest absolute Gasteiger partial charge is 0.238 e. The van der Waals surface area contributed by atoms with Crippen LogP contribution in [-0.4, -0.2) is 60.1 Å². The number of piperazine rings is 1. The van der Waals surface area contributed by atoms with Crippen LogP contribution in [0.3, 0.4) is 0 Å². The van der Waals surface area contributed by atoms with Gasteiger partial charge in [0, 0.05) is 42.5 Å². The van der Waals surface area contributed by atoms with Crippen LogP contribution in [0.25, 0.3) is 0 Å². The van der Waals surface area contributed by atoms with Gasteiger partial charge in [0.1, 0.15) is 0 Å². The van der Waals surface area contributed by atoms with Crippen LogP contribution in [0, 0.1) is 0 Å². The average molecular weight is 439 g/mol. The number of thiophene rings is 1. The molecule has 1 aliphatic rings. The molecule has 9 heteroatoms. The minimum absolute atomic E-state index is 0.0504. The molecule has 1 aromatic carbocycles. The second-order valence-electron chi connectivity index (χ2n) is 6.56. The van der Waals surface area contributed by atoms with Crippen LogP contribution in [0.15, 0.2) is 41.3 Å². The van der Waals surface area contributed by atoms with Gasteiger partial charge in [-0.15, -0.1) is 23.1 Å². The van der Waals surface area contributed by atoms with E-state index in [0.29, 0.717) is 12.2 Å². The molecule has 0 spiro atoms. The van der Waals surface area contributed by atoms with E-state index in [1.165, 1.54) is 16.6 Å². The number of para-hydroxylation sites is 1. The van der Waals surface area contributed by atoms with Crippen molar-refractivity contribution in [1.29, 1.82) is 0 Å². The first-order valence-electron chi connectivity index (χ1n) is 8.98. The summed E-state index contributed by atoms with van der Waals surface area (Å²) in [5, 5.41) is 2.96. The Morgan fingerprint density at radius 2 is 1.82 bits per heavy atom. The molecule has 1 aliphatic heterocycles. The summed E-state index contributed by atoms with van der Waals surface area (Å²) in [7, 11) is 0. The van der Waals surface area contributed by atoms with Gasteiger partial charge in [-0.1, -0.05) is 23.7 Å². The van der Waals surface area contributed by atoms with Gasteiger partial charge in [-0.2, -0.15) is 0 Å². The van der Waals surface area contributed by atoms with E-state index in [4.69, 9.17) is 17.3 Å². The monoisotopic (exact) mass is 438 g/mol. The molecule has 6 nitrogen and oxygen atoms in total.